The number of benzene rings is 1. The Morgan fingerprint density at radius 2 is 1.88 bits per heavy atom. The van der Waals surface area contributed by atoms with E-state index in [2.05, 4.69) is 45.9 Å². The second-order valence-corrected chi connectivity index (χ2v) is 6.27. The Labute approximate surface area is 103 Å². The first kappa shape index (κ1) is 13.6. The molecule has 0 heterocycles. The van der Waals surface area contributed by atoms with E-state index in [0.717, 1.165) is 12.2 Å². The molecule has 0 fully saturated rings. The summed E-state index contributed by atoms with van der Waals surface area (Å²) >= 11 is 1.82. The van der Waals surface area contributed by atoms with Gasteiger partial charge in [-0.2, -0.15) is 11.8 Å². The molecule has 0 aliphatic carbocycles. The van der Waals surface area contributed by atoms with Crippen LogP contribution in [0.5, 0.6) is 0 Å². The van der Waals surface area contributed by atoms with Crippen LogP contribution in [0, 0.1) is 13.8 Å². The van der Waals surface area contributed by atoms with Gasteiger partial charge in [-0.05, 0) is 42.2 Å². The van der Waals surface area contributed by atoms with Gasteiger partial charge in [-0.25, -0.2) is 0 Å². The highest BCUT2D eigenvalue weighted by Gasteiger charge is 2.07. The molecule has 90 valence electrons. The summed E-state index contributed by atoms with van der Waals surface area (Å²) in [6.07, 6.45) is 0.537. The van der Waals surface area contributed by atoms with Crippen LogP contribution >= 0.6 is 11.8 Å². The molecule has 1 N–H and O–H groups in total. The maximum Gasteiger partial charge on any atom is 0.0670 e. The van der Waals surface area contributed by atoms with E-state index < -0.39 is 0 Å². The molecule has 0 bridgehead atoms. The van der Waals surface area contributed by atoms with Gasteiger partial charge in [-0.15, -0.1) is 0 Å². The van der Waals surface area contributed by atoms with Gasteiger partial charge in [0.2, 0.25) is 0 Å². The van der Waals surface area contributed by atoms with Crippen LogP contribution in [0.4, 0.5) is 0 Å². The molecule has 0 amide bonds. The number of rotatable bonds is 5. The molecule has 1 nitrogen and oxygen atoms in total. The maximum atomic E-state index is 9.89. The van der Waals surface area contributed by atoms with Crippen LogP contribution in [0.3, 0.4) is 0 Å². The van der Waals surface area contributed by atoms with Gasteiger partial charge in [0.25, 0.3) is 0 Å². The molecule has 1 rings (SSSR count). The topological polar surface area (TPSA) is 20.2 Å². The third kappa shape index (κ3) is 4.58. The first-order valence-corrected chi connectivity index (χ1v) is 6.89. The zero-order valence-corrected chi connectivity index (χ0v) is 11.5. The smallest absolute Gasteiger partial charge is 0.0670 e. The summed E-state index contributed by atoms with van der Waals surface area (Å²) in [4.78, 5) is 0. The van der Waals surface area contributed by atoms with E-state index in [-0.39, 0.29) is 6.10 Å². The van der Waals surface area contributed by atoms with E-state index in [1.165, 1.54) is 16.7 Å². The van der Waals surface area contributed by atoms with Gasteiger partial charge in [0.15, 0.2) is 0 Å². The van der Waals surface area contributed by atoms with Crippen molar-refractivity contribution in [1.82, 2.24) is 0 Å². The Hall–Kier alpha value is -0.470. The van der Waals surface area contributed by atoms with Crippen molar-refractivity contribution in [2.75, 3.05) is 5.75 Å². The molecule has 0 saturated carbocycles. The predicted molar refractivity (Wildman–Crippen MR) is 73.2 cm³/mol. The predicted octanol–water partition coefficient (Wildman–Crippen LogP) is 3.35. The molecule has 1 unspecified atom stereocenters. The fourth-order valence-corrected chi connectivity index (χ4v) is 2.29. The summed E-state index contributed by atoms with van der Waals surface area (Å²) in [7, 11) is 0. The van der Waals surface area contributed by atoms with Crippen molar-refractivity contribution in [1.29, 1.82) is 0 Å². The summed E-state index contributed by atoms with van der Waals surface area (Å²) < 4.78 is 0. The van der Waals surface area contributed by atoms with Crippen LogP contribution in [0.1, 0.15) is 30.5 Å². The van der Waals surface area contributed by atoms with E-state index in [1.54, 1.807) is 0 Å². The van der Waals surface area contributed by atoms with E-state index >= 15 is 0 Å². The van der Waals surface area contributed by atoms with Gasteiger partial charge in [-0.3, -0.25) is 0 Å². The van der Waals surface area contributed by atoms with Crippen LogP contribution in [0.2, 0.25) is 0 Å². The lowest BCUT2D eigenvalue weighted by molar-refractivity contribution is 0.200. The van der Waals surface area contributed by atoms with E-state index in [0.29, 0.717) is 5.25 Å². The largest absolute Gasteiger partial charge is 0.392 e. The van der Waals surface area contributed by atoms with Crippen molar-refractivity contribution >= 4 is 11.8 Å². The number of aryl methyl sites for hydroxylation is 2. The summed E-state index contributed by atoms with van der Waals surface area (Å²) in [5, 5.41) is 10.5. The van der Waals surface area contributed by atoms with Crippen molar-refractivity contribution in [3.8, 4) is 0 Å². The van der Waals surface area contributed by atoms with Gasteiger partial charge in [0.05, 0.1) is 6.10 Å². The van der Waals surface area contributed by atoms with Gasteiger partial charge >= 0.3 is 0 Å². The summed E-state index contributed by atoms with van der Waals surface area (Å²) in [5.74, 6) is 0.824. The van der Waals surface area contributed by atoms with Gasteiger partial charge in [-0.1, -0.05) is 32.0 Å². The lowest BCUT2D eigenvalue weighted by Crippen LogP contribution is -2.15. The van der Waals surface area contributed by atoms with Crippen molar-refractivity contribution in [2.24, 2.45) is 0 Å². The first-order valence-electron chi connectivity index (χ1n) is 5.85. The quantitative estimate of drug-likeness (QED) is 0.849. The second kappa shape index (κ2) is 6.31. The average molecular weight is 238 g/mol. The zero-order chi connectivity index (χ0) is 12.1. The zero-order valence-electron chi connectivity index (χ0n) is 10.7. The molecule has 0 aliphatic heterocycles. The molecule has 1 aromatic rings. The monoisotopic (exact) mass is 238 g/mol. The molecule has 0 aliphatic rings. The van der Waals surface area contributed by atoms with Crippen LogP contribution in [-0.4, -0.2) is 22.2 Å². The normalized spacial score (nSPS) is 13.1. The molecule has 2 heteroatoms. The fraction of sp³-hybridized carbons (Fsp3) is 0.571. The molecule has 0 radical (unpaired) electrons. The number of hydrogen-bond acceptors (Lipinski definition) is 2. The lowest BCUT2D eigenvalue weighted by atomic mass is 10.0. The first-order chi connectivity index (χ1) is 7.49. The number of thioether (sulfide) groups is 1. The standard InChI is InChI=1S/C14H22OS/c1-10(2)16-9-14(15)8-13-6-5-11(3)12(4)7-13/h5-7,10,14-15H,8-9H2,1-4H3. The number of aliphatic hydroxyl groups is 1. The molecular weight excluding hydrogens is 216 g/mol. The summed E-state index contributed by atoms with van der Waals surface area (Å²) in [6, 6.07) is 6.43. The third-order valence-corrected chi connectivity index (χ3v) is 3.91. The molecule has 1 atom stereocenters. The SMILES string of the molecule is Cc1ccc(CC(O)CSC(C)C)cc1C. The highest BCUT2D eigenvalue weighted by Crippen LogP contribution is 2.15. The Balaban J connectivity index is 2.49. The van der Waals surface area contributed by atoms with E-state index in [1.807, 2.05) is 11.8 Å². The van der Waals surface area contributed by atoms with Crippen molar-refractivity contribution < 1.29 is 5.11 Å². The lowest BCUT2D eigenvalue weighted by Gasteiger charge is -2.13. The average Bonchev–Trinajstić information content (AvgIpc) is 2.21. The fourth-order valence-electron chi connectivity index (χ4n) is 1.57. The Kier molecular flexibility index (Phi) is 5.36. The Bertz CT molecular complexity index is 334. The van der Waals surface area contributed by atoms with Gasteiger partial charge < -0.3 is 5.11 Å². The van der Waals surface area contributed by atoms with Gasteiger partial charge in [0, 0.05) is 5.75 Å². The minimum absolute atomic E-state index is 0.227. The highest BCUT2D eigenvalue weighted by molar-refractivity contribution is 7.99. The minimum atomic E-state index is -0.227. The summed E-state index contributed by atoms with van der Waals surface area (Å²) in [6.45, 7) is 8.55. The molecule has 0 saturated heterocycles. The Morgan fingerprint density at radius 1 is 1.19 bits per heavy atom. The summed E-state index contributed by atoms with van der Waals surface area (Å²) in [5.41, 5.74) is 3.86. The molecule has 1 aromatic carbocycles. The van der Waals surface area contributed by atoms with E-state index in [4.69, 9.17) is 0 Å². The molecule has 16 heavy (non-hydrogen) atoms. The van der Waals surface area contributed by atoms with Crippen molar-refractivity contribution in [3.63, 3.8) is 0 Å². The third-order valence-electron chi connectivity index (χ3n) is 2.66. The molecule has 0 aromatic heterocycles. The van der Waals surface area contributed by atoms with Crippen LogP contribution in [0.25, 0.3) is 0 Å². The number of hydrogen-bond donors (Lipinski definition) is 1. The molecule has 0 spiro atoms. The maximum absolute atomic E-state index is 9.89. The second-order valence-electron chi connectivity index (χ2n) is 4.66. The van der Waals surface area contributed by atoms with Crippen LogP contribution in [-0.2, 0) is 6.42 Å². The molecular formula is C14H22OS. The van der Waals surface area contributed by atoms with Crippen molar-refractivity contribution in [2.45, 2.75) is 45.5 Å². The van der Waals surface area contributed by atoms with Gasteiger partial charge in [0.1, 0.15) is 0 Å². The van der Waals surface area contributed by atoms with Crippen LogP contribution in [0.15, 0.2) is 18.2 Å². The minimum Gasteiger partial charge on any atom is -0.392 e. The van der Waals surface area contributed by atoms with E-state index in [9.17, 15) is 5.11 Å². The van der Waals surface area contributed by atoms with Crippen molar-refractivity contribution in [3.05, 3.63) is 34.9 Å². The van der Waals surface area contributed by atoms with Crippen LogP contribution < -0.4 is 0 Å². The number of aliphatic hydroxyl groups excluding tert-OH is 1. The Morgan fingerprint density at radius 3 is 2.44 bits per heavy atom. The highest BCUT2D eigenvalue weighted by atomic mass is 32.2.